The zero-order valence-corrected chi connectivity index (χ0v) is 16.2. The summed E-state index contributed by atoms with van der Waals surface area (Å²) in [4.78, 5) is 31.9. The summed E-state index contributed by atoms with van der Waals surface area (Å²) in [5, 5.41) is 0.712. The molecule has 7 nitrogen and oxygen atoms in total. The van der Waals surface area contributed by atoms with E-state index >= 15 is 0 Å². The number of amides is 1. The molecule has 1 aromatic heterocycles. The van der Waals surface area contributed by atoms with Crippen LogP contribution >= 0.6 is 11.8 Å². The Kier molecular flexibility index (Phi) is 7.46. The highest BCUT2D eigenvalue weighted by Gasteiger charge is 2.30. The maximum Gasteiger partial charge on any atom is 0.257 e. The van der Waals surface area contributed by atoms with E-state index < -0.39 is 0 Å². The molecule has 1 aliphatic rings. The van der Waals surface area contributed by atoms with Gasteiger partial charge in [-0.15, -0.1) is 0 Å². The Balaban J connectivity index is 2.19. The number of ether oxygens (including phenoxy) is 2. The fourth-order valence-electron chi connectivity index (χ4n) is 2.95. The van der Waals surface area contributed by atoms with Gasteiger partial charge in [0, 0.05) is 50.9 Å². The lowest BCUT2D eigenvalue weighted by Gasteiger charge is -2.30. The van der Waals surface area contributed by atoms with E-state index in [1.807, 2.05) is 13.8 Å². The minimum absolute atomic E-state index is 0.0182. The molecule has 1 amide bonds. The van der Waals surface area contributed by atoms with E-state index in [0.29, 0.717) is 50.2 Å². The van der Waals surface area contributed by atoms with E-state index in [4.69, 9.17) is 9.47 Å². The topological polar surface area (TPSA) is 73.7 Å². The lowest BCUT2D eigenvalue weighted by molar-refractivity contribution is -0.136. The number of nitrogens with zero attached hydrogens (tertiary/aromatic N) is 3. The highest BCUT2D eigenvalue weighted by atomic mass is 32.2. The van der Waals surface area contributed by atoms with Crippen LogP contribution in [0.3, 0.4) is 0 Å². The number of methoxy groups -OCH3 is 2. The number of aryl methyl sites for hydroxylation is 1. The highest BCUT2D eigenvalue weighted by Crippen LogP contribution is 2.27. The van der Waals surface area contributed by atoms with Crippen LogP contribution < -0.4 is 5.56 Å². The molecule has 0 radical (unpaired) electrons. The van der Waals surface area contributed by atoms with Crippen molar-refractivity contribution in [3.63, 3.8) is 0 Å². The van der Waals surface area contributed by atoms with Crippen molar-refractivity contribution in [1.82, 2.24) is 14.5 Å². The van der Waals surface area contributed by atoms with Crippen LogP contribution in [0.2, 0.25) is 0 Å². The Morgan fingerprint density at radius 2 is 1.96 bits per heavy atom. The van der Waals surface area contributed by atoms with Crippen LogP contribution in [0.4, 0.5) is 0 Å². The number of carbonyl (C=O) groups is 1. The maximum atomic E-state index is 12.9. The largest absolute Gasteiger partial charge is 0.383 e. The van der Waals surface area contributed by atoms with E-state index in [9.17, 15) is 9.59 Å². The molecule has 1 atom stereocenters. The van der Waals surface area contributed by atoms with Gasteiger partial charge >= 0.3 is 0 Å². The van der Waals surface area contributed by atoms with Gasteiger partial charge in [-0.25, -0.2) is 4.98 Å². The second-order valence-electron chi connectivity index (χ2n) is 6.05. The number of thioether (sulfide) groups is 1. The third kappa shape index (κ3) is 4.62. The average Bonchev–Trinajstić information content (AvgIpc) is 2.61. The molecule has 0 bridgehead atoms. The van der Waals surface area contributed by atoms with Gasteiger partial charge in [-0.3, -0.25) is 14.2 Å². The van der Waals surface area contributed by atoms with E-state index in [1.165, 1.54) is 11.8 Å². The molecule has 0 saturated carbocycles. The molecule has 140 valence electrons. The molecule has 0 N–H and O–H groups in total. The van der Waals surface area contributed by atoms with Gasteiger partial charge in [0.05, 0.1) is 19.1 Å². The number of rotatable bonds is 8. The SMILES string of the molecule is CCc1c(C)nc2n(c1=O)CC(C(=O)N(CCOC)CCOC)CS2. The number of hydrogen-bond donors (Lipinski definition) is 0. The second-order valence-corrected chi connectivity index (χ2v) is 7.03. The van der Waals surface area contributed by atoms with Gasteiger partial charge < -0.3 is 14.4 Å². The van der Waals surface area contributed by atoms with Crippen molar-refractivity contribution >= 4 is 17.7 Å². The Morgan fingerprint density at radius 3 is 2.52 bits per heavy atom. The Bertz CT molecular complexity index is 654. The first-order valence-electron chi connectivity index (χ1n) is 8.53. The van der Waals surface area contributed by atoms with Crippen molar-refractivity contribution in [1.29, 1.82) is 0 Å². The third-order valence-corrected chi connectivity index (χ3v) is 5.53. The quantitative estimate of drug-likeness (QED) is 0.636. The van der Waals surface area contributed by atoms with Crippen LogP contribution in [-0.2, 0) is 27.2 Å². The molecule has 2 rings (SSSR count). The summed E-state index contributed by atoms with van der Waals surface area (Å²) in [5.74, 6) is 0.433. The summed E-state index contributed by atoms with van der Waals surface area (Å²) in [5.41, 5.74) is 1.50. The molecule has 0 fully saturated rings. The van der Waals surface area contributed by atoms with Crippen molar-refractivity contribution in [3.8, 4) is 0 Å². The normalized spacial score (nSPS) is 16.6. The van der Waals surface area contributed by atoms with E-state index in [1.54, 1.807) is 23.7 Å². The Hall–Kier alpha value is -1.38. The van der Waals surface area contributed by atoms with Crippen molar-refractivity contribution in [2.75, 3.05) is 46.3 Å². The molecular weight excluding hydrogens is 342 g/mol. The van der Waals surface area contributed by atoms with Gasteiger partial charge in [0.15, 0.2) is 5.16 Å². The monoisotopic (exact) mass is 369 g/mol. The van der Waals surface area contributed by atoms with E-state index in [2.05, 4.69) is 4.98 Å². The molecule has 8 heteroatoms. The van der Waals surface area contributed by atoms with Gasteiger partial charge in [0.2, 0.25) is 5.91 Å². The lowest BCUT2D eigenvalue weighted by Crippen LogP contribution is -2.45. The minimum Gasteiger partial charge on any atom is -0.383 e. The van der Waals surface area contributed by atoms with Crippen molar-refractivity contribution in [2.24, 2.45) is 5.92 Å². The number of carbonyl (C=O) groups excluding carboxylic acids is 1. The molecule has 1 unspecified atom stereocenters. The number of hydrogen-bond acceptors (Lipinski definition) is 6. The molecule has 0 saturated heterocycles. The van der Waals surface area contributed by atoms with Crippen molar-refractivity contribution in [2.45, 2.75) is 32.0 Å². The van der Waals surface area contributed by atoms with Crippen LogP contribution in [-0.4, -0.2) is 66.6 Å². The van der Waals surface area contributed by atoms with Gasteiger partial charge in [-0.1, -0.05) is 18.7 Å². The summed E-state index contributed by atoms with van der Waals surface area (Å²) in [6, 6.07) is 0. The standard InChI is InChI=1S/C17H27N3O4S/c1-5-14-12(2)18-17-20(16(14)22)10-13(11-25-17)15(21)19(6-8-23-3)7-9-24-4/h13H,5-11H2,1-4H3. The first-order chi connectivity index (χ1) is 12.0. The van der Waals surface area contributed by atoms with Crippen LogP contribution in [0, 0.1) is 12.8 Å². The van der Waals surface area contributed by atoms with Crippen molar-refractivity contribution < 1.29 is 14.3 Å². The van der Waals surface area contributed by atoms with Crippen molar-refractivity contribution in [3.05, 3.63) is 21.6 Å². The van der Waals surface area contributed by atoms with Crippen LogP contribution in [0.1, 0.15) is 18.2 Å². The zero-order valence-electron chi connectivity index (χ0n) is 15.4. The van der Waals surface area contributed by atoms with E-state index in [-0.39, 0.29) is 17.4 Å². The molecule has 1 aliphatic heterocycles. The first-order valence-corrected chi connectivity index (χ1v) is 9.51. The molecular formula is C17H27N3O4S. The van der Waals surface area contributed by atoms with Crippen LogP contribution in [0.15, 0.2) is 9.95 Å². The predicted octanol–water partition coefficient (Wildman–Crippen LogP) is 0.957. The van der Waals surface area contributed by atoms with Crippen LogP contribution in [0.25, 0.3) is 0 Å². The molecule has 25 heavy (non-hydrogen) atoms. The smallest absolute Gasteiger partial charge is 0.257 e. The number of aromatic nitrogens is 2. The zero-order chi connectivity index (χ0) is 18.4. The predicted molar refractivity (Wildman–Crippen MR) is 97.2 cm³/mol. The van der Waals surface area contributed by atoms with Gasteiger partial charge in [0.25, 0.3) is 5.56 Å². The van der Waals surface area contributed by atoms with Gasteiger partial charge in [0.1, 0.15) is 0 Å². The summed E-state index contributed by atoms with van der Waals surface area (Å²) in [6.45, 7) is 6.21. The molecule has 0 spiro atoms. The fraction of sp³-hybridized carbons (Fsp3) is 0.706. The summed E-state index contributed by atoms with van der Waals surface area (Å²) >= 11 is 1.48. The summed E-state index contributed by atoms with van der Waals surface area (Å²) in [7, 11) is 3.23. The van der Waals surface area contributed by atoms with Crippen LogP contribution in [0.5, 0.6) is 0 Å². The second kappa shape index (κ2) is 9.35. The summed E-state index contributed by atoms with van der Waals surface area (Å²) in [6.07, 6.45) is 0.648. The fourth-order valence-corrected chi connectivity index (χ4v) is 4.06. The first kappa shape index (κ1) is 19.9. The Morgan fingerprint density at radius 1 is 1.32 bits per heavy atom. The van der Waals surface area contributed by atoms with E-state index in [0.717, 1.165) is 11.3 Å². The highest BCUT2D eigenvalue weighted by molar-refractivity contribution is 7.99. The molecule has 0 aliphatic carbocycles. The summed E-state index contributed by atoms with van der Waals surface area (Å²) < 4.78 is 11.9. The van der Waals surface area contributed by atoms with Gasteiger partial charge in [-0.2, -0.15) is 0 Å². The Labute approximate surface area is 152 Å². The number of fused-ring (bicyclic) bond motifs is 1. The lowest BCUT2D eigenvalue weighted by atomic mass is 10.1. The van der Waals surface area contributed by atoms with Gasteiger partial charge in [-0.05, 0) is 13.3 Å². The average molecular weight is 369 g/mol. The molecule has 1 aromatic rings. The maximum absolute atomic E-state index is 12.9. The third-order valence-electron chi connectivity index (χ3n) is 4.40. The minimum atomic E-state index is -0.238. The molecule has 0 aromatic carbocycles. The molecule has 2 heterocycles.